The van der Waals surface area contributed by atoms with Crippen LogP contribution in [0, 0.1) is 0 Å². The first-order valence-electron chi connectivity index (χ1n) is 5.32. The number of pyridine rings is 1. The van der Waals surface area contributed by atoms with Crippen molar-refractivity contribution in [2.75, 3.05) is 32.0 Å². The number of rotatable bonds is 6. The first kappa shape index (κ1) is 12.9. The molecule has 16 heavy (non-hydrogen) atoms. The molecule has 0 spiro atoms. The molecule has 5 heteroatoms. The molecule has 0 aliphatic carbocycles. The number of anilines is 1. The number of likely N-dealkylation sites (N-methyl/N-ethyl adjacent to an activating group) is 1. The second-order valence-corrected chi connectivity index (χ2v) is 4.03. The van der Waals surface area contributed by atoms with Crippen molar-refractivity contribution in [2.24, 2.45) is 5.73 Å². The molecule has 1 heterocycles. The Hall–Kier alpha value is -1.20. The monoisotopic (exact) mass is 238 g/mol. The van der Waals surface area contributed by atoms with Crippen molar-refractivity contribution in [2.45, 2.75) is 6.92 Å². The fourth-order valence-electron chi connectivity index (χ4n) is 1.20. The van der Waals surface area contributed by atoms with Gasteiger partial charge in [0.2, 0.25) is 0 Å². The van der Waals surface area contributed by atoms with Crippen LogP contribution in [-0.2, 0) is 0 Å². The molecule has 3 N–H and O–H groups in total. The van der Waals surface area contributed by atoms with Gasteiger partial charge in [0.1, 0.15) is 10.8 Å². The van der Waals surface area contributed by atoms with Gasteiger partial charge in [-0.15, -0.1) is 0 Å². The molecule has 0 unspecified atom stereocenters. The van der Waals surface area contributed by atoms with E-state index in [0.717, 1.165) is 25.5 Å². The van der Waals surface area contributed by atoms with Crippen molar-refractivity contribution < 1.29 is 0 Å². The summed E-state index contributed by atoms with van der Waals surface area (Å²) in [6.45, 7) is 5.02. The normalized spacial score (nSPS) is 10.4. The number of hydrogen-bond donors (Lipinski definition) is 2. The molecule has 0 fully saturated rings. The van der Waals surface area contributed by atoms with Gasteiger partial charge < -0.3 is 16.0 Å². The van der Waals surface area contributed by atoms with Gasteiger partial charge in [-0.2, -0.15) is 0 Å². The van der Waals surface area contributed by atoms with E-state index in [1.165, 1.54) is 0 Å². The molecule has 1 aromatic heterocycles. The van der Waals surface area contributed by atoms with Crippen molar-refractivity contribution >= 4 is 23.0 Å². The molecule has 0 aliphatic heterocycles. The Morgan fingerprint density at radius 1 is 1.56 bits per heavy atom. The molecule has 1 rings (SSSR count). The number of hydrogen-bond acceptors (Lipinski definition) is 4. The van der Waals surface area contributed by atoms with E-state index in [9.17, 15) is 0 Å². The number of nitrogens with two attached hydrogens (primary N) is 1. The van der Waals surface area contributed by atoms with Crippen molar-refractivity contribution in [3.05, 3.63) is 23.9 Å². The zero-order valence-electron chi connectivity index (χ0n) is 9.73. The highest BCUT2D eigenvalue weighted by atomic mass is 32.1. The zero-order chi connectivity index (χ0) is 12.0. The first-order chi connectivity index (χ1) is 7.63. The minimum absolute atomic E-state index is 0.328. The van der Waals surface area contributed by atoms with Gasteiger partial charge in [-0.25, -0.2) is 4.98 Å². The van der Waals surface area contributed by atoms with Crippen LogP contribution in [0.15, 0.2) is 18.2 Å². The average Bonchev–Trinajstić information content (AvgIpc) is 2.29. The van der Waals surface area contributed by atoms with Crippen molar-refractivity contribution in [1.82, 2.24) is 9.88 Å². The number of nitrogens with zero attached hydrogens (tertiary/aromatic N) is 2. The van der Waals surface area contributed by atoms with Crippen molar-refractivity contribution in [1.29, 1.82) is 0 Å². The average molecular weight is 238 g/mol. The van der Waals surface area contributed by atoms with Crippen molar-refractivity contribution in [3.8, 4) is 0 Å². The predicted molar refractivity (Wildman–Crippen MR) is 71.8 cm³/mol. The highest BCUT2D eigenvalue weighted by Gasteiger charge is 2.00. The van der Waals surface area contributed by atoms with Gasteiger partial charge in [0, 0.05) is 13.1 Å². The largest absolute Gasteiger partial charge is 0.388 e. The molecular weight excluding hydrogens is 220 g/mol. The third-order valence-electron chi connectivity index (χ3n) is 2.34. The molecule has 0 saturated carbocycles. The summed E-state index contributed by atoms with van der Waals surface area (Å²) in [5, 5.41) is 3.24. The third kappa shape index (κ3) is 4.12. The van der Waals surface area contributed by atoms with Crippen LogP contribution in [0.4, 0.5) is 5.82 Å². The fourth-order valence-corrected chi connectivity index (χ4v) is 1.32. The van der Waals surface area contributed by atoms with Gasteiger partial charge in [0.05, 0.1) is 5.69 Å². The lowest BCUT2D eigenvalue weighted by molar-refractivity contribution is 0.367. The van der Waals surface area contributed by atoms with Gasteiger partial charge in [0.15, 0.2) is 0 Å². The molecule has 0 aromatic carbocycles. The summed E-state index contributed by atoms with van der Waals surface area (Å²) in [5.74, 6) is 0.815. The molecule has 88 valence electrons. The first-order valence-corrected chi connectivity index (χ1v) is 5.73. The third-order valence-corrected chi connectivity index (χ3v) is 2.55. The Balaban J connectivity index is 2.48. The standard InChI is InChI=1S/C11H18N4S/c1-3-15(2)8-7-13-10-6-4-5-9(14-10)11(12)16/h4-6H,3,7-8H2,1-2H3,(H2,12,16)(H,13,14). The van der Waals surface area contributed by atoms with Crippen LogP contribution in [0.3, 0.4) is 0 Å². The van der Waals surface area contributed by atoms with Gasteiger partial charge in [0.25, 0.3) is 0 Å². The lowest BCUT2D eigenvalue weighted by Crippen LogP contribution is -2.25. The van der Waals surface area contributed by atoms with Crippen LogP contribution < -0.4 is 11.1 Å². The SMILES string of the molecule is CCN(C)CCNc1cccc(C(N)=S)n1. The van der Waals surface area contributed by atoms with Crippen LogP contribution in [0.25, 0.3) is 0 Å². The van der Waals surface area contributed by atoms with E-state index in [2.05, 4.69) is 29.2 Å². The summed E-state index contributed by atoms with van der Waals surface area (Å²) < 4.78 is 0. The highest BCUT2D eigenvalue weighted by Crippen LogP contribution is 2.04. The lowest BCUT2D eigenvalue weighted by Gasteiger charge is -2.14. The maximum atomic E-state index is 5.51. The van der Waals surface area contributed by atoms with E-state index in [4.69, 9.17) is 18.0 Å². The predicted octanol–water partition coefficient (Wildman–Crippen LogP) is 1.08. The molecule has 0 radical (unpaired) electrons. The summed E-state index contributed by atoms with van der Waals surface area (Å²) in [4.78, 5) is 6.85. The summed E-state index contributed by atoms with van der Waals surface area (Å²) in [6.07, 6.45) is 0. The summed E-state index contributed by atoms with van der Waals surface area (Å²) in [7, 11) is 2.08. The van der Waals surface area contributed by atoms with Crippen LogP contribution in [0.2, 0.25) is 0 Å². The Morgan fingerprint density at radius 2 is 2.31 bits per heavy atom. The number of thiocarbonyl (C=S) groups is 1. The Bertz CT molecular complexity index is 354. The number of aromatic nitrogens is 1. The summed E-state index contributed by atoms with van der Waals surface area (Å²) in [5.41, 5.74) is 6.17. The van der Waals surface area contributed by atoms with E-state index in [1.807, 2.05) is 18.2 Å². The topological polar surface area (TPSA) is 54.2 Å². The van der Waals surface area contributed by atoms with E-state index >= 15 is 0 Å². The number of nitrogens with one attached hydrogen (secondary N) is 1. The van der Waals surface area contributed by atoms with Gasteiger partial charge >= 0.3 is 0 Å². The minimum Gasteiger partial charge on any atom is -0.388 e. The van der Waals surface area contributed by atoms with Gasteiger partial charge in [-0.1, -0.05) is 25.2 Å². The smallest absolute Gasteiger partial charge is 0.126 e. The maximum absolute atomic E-state index is 5.51. The van der Waals surface area contributed by atoms with Crippen LogP contribution >= 0.6 is 12.2 Å². The molecular formula is C11H18N4S. The Morgan fingerprint density at radius 3 is 2.94 bits per heavy atom. The minimum atomic E-state index is 0.328. The summed E-state index contributed by atoms with van der Waals surface area (Å²) in [6, 6.07) is 5.62. The molecule has 0 saturated heterocycles. The van der Waals surface area contributed by atoms with E-state index in [-0.39, 0.29) is 0 Å². The maximum Gasteiger partial charge on any atom is 0.126 e. The highest BCUT2D eigenvalue weighted by molar-refractivity contribution is 7.80. The molecule has 4 nitrogen and oxygen atoms in total. The molecule has 0 atom stereocenters. The van der Waals surface area contributed by atoms with Gasteiger partial charge in [-0.3, -0.25) is 0 Å². The van der Waals surface area contributed by atoms with E-state index < -0.39 is 0 Å². The summed E-state index contributed by atoms with van der Waals surface area (Å²) >= 11 is 4.87. The van der Waals surface area contributed by atoms with Crippen LogP contribution in [-0.4, -0.2) is 41.6 Å². The van der Waals surface area contributed by atoms with E-state index in [0.29, 0.717) is 10.7 Å². The molecule has 1 aromatic rings. The Kier molecular flexibility index (Phi) is 5.14. The second-order valence-electron chi connectivity index (χ2n) is 3.59. The van der Waals surface area contributed by atoms with Crippen LogP contribution in [0.1, 0.15) is 12.6 Å². The van der Waals surface area contributed by atoms with Crippen molar-refractivity contribution in [3.63, 3.8) is 0 Å². The quantitative estimate of drug-likeness (QED) is 0.726. The molecule has 0 aliphatic rings. The van der Waals surface area contributed by atoms with E-state index in [1.54, 1.807) is 0 Å². The van der Waals surface area contributed by atoms with Crippen LogP contribution in [0.5, 0.6) is 0 Å². The lowest BCUT2D eigenvalue weighted by atomic mass is 10.3. The molecule has 0 amide bonds. The second kappa shape index (κ2) is 6.40. The van der Waals surface area contributed by atoms with Gasteiger partial charge in [-0.05, 0) is 25.7 Å². The Labute approximate surface area is 102 Å². The molecule has 0 bridgehead atoms. The fraction of sp³-hybridized carbons (Fsp3) is 0.455. The zero-order valence-corrected chi connectivity index (χ0v) is 10.5.